The third-order valence-corrected chi connectivity index (χ3v) is 8.50. The maximum atomic E-state index is 12.7. The minimum atomic E-state index is -1.63. The molecule has 3 fully saturated rings. The molecule has 1 aromatic heterocycles. The summed E-state index contributed by atoms with van der Waals surface area (Å²) in [5.74, 6) is -2.88. The molecule has 3 aliphatic heterocycles. The molecule has 3 aliphatic rings. The number of anilines is 1. The molecule has 190 valence electrons. The summed E-state index contributed by atoms with van der Waals surface area (Å²) in [6.07, 6.45) is 0.605. The van der Waals surface area contributed by atoms with E-state index in [1.165, 1.54) is 15.2 Å². The van der Waals surface area contributed by atoms with E-state index in [0.29, 0.717) is 19.4 Å². The van der Waals surface area contributed by atoms with Crippen molar-refractivity contribution in [2.24, 2.45) is 10.6 Å². The van der Waals surface area contributed by atoms with Gasteiger partial charge in [-0.05, 0) is 12.8 Å². The number of hydrogen-bond donors (Lipinski definition) is 4. The Morgan fingerprint density at radius 3 is 2.78 bits per heavy atom. The monoisotopic (exact) mass is 550 g/mol. The van der Waals surface area contributed by atoms with Crippen LogP contribution in [0, 0.1) is 5.41 Å². The molecule has 1 aromatic rings. The van der Waals surface area contributed by atoms with E-state index in [9.17, 15) is 34.6 Å². The zero-order valence-electron chi connectivity index (χ0n) is 19.3. The molecule has 5 N–H and O–H groups in total. The van der Waals surface area contributed by atoms with Gasteiger partial charge in [-0.1, -0.05) is 5.16 Å². The van der Waals surface area contributed by atoms with Crippen LogP contribution in [-0.2, 0) is 19.1 Å². The number of aromatic nitrogens is 1. The molecule has 3 unspecified atom stereocenters. The number of thioether (sulfide) groups is 1. The predicted octanol–water partition coefficient (Wildman–Crippen LogP) is -5.36. The summed E-state index contributed by atoms with van der Waals surface area (Å²) in [5, 5.41) is 37.1. The fourth-order valence-corrected chi connectivity index (χ4v) is 6.33. The van der Waals surface area contributed by atoms with Gasteiger partial charge in [0.15, 0.2) is 10.8 Å². The van der Waals surface area contributed by atoms with Crippen LogP contribution in [-0.4, -0.2) is 104 Å². The summed E-state index contributed by atoms with van der Waals surface area (Å²) in [7, 11) is 0. The first-order chi connectivity index (χ1) is 16.7. The van der Waals surface area contributed by atoms with Crippen LogP contribution in [0.2, 0.25) is 0 Å². The number of nitrogens with zero attached hydrogens (tertiary/aromatic N) is 4. The molecular formula is C19H23N6NaO8S2. The van der Waals surface area contributed by atoms with E-state index in [1.807, 2.05) is 0 Å². The maximum Gasteiger partial charge on any atom is 1.00 e. The van der Waals surface area contributed by atoms with Crippen molar-refractivity contribution in [3.05, 3.63) is 11.1 Å². The molecule has 14 nitrogen and oxygen atoms in total. The third kappa shape index (κ3) is 5.28. The largest absolute Gasteiger partial charge is 1.00 e. The number of nitrogens with two attached hydrogens (primary N) is 1. The summed E-state index contributed by atoms with van der Waals surface area (Å²) in [5.41, 5.74) is 3.54. The summed E-state index contributed by atoms with van der Waals surface area (Å²) in [6.45, 7) is -0.585. The first kappa shape index (κ1) is 28.5. The first-order valence-electron chi connectivity index (χ1n) is 10.6. The molecule has 17 heteroatoms. The molecule has 0 radical (unpaired) electrons. The van der Waals surface area contributed by atoms with Gasteiger partial charge in [-0.3, -0.25) is 9.59 Å². The molecular weight excluding hydrogens is 527 g/mol. The van der Waals surface area contributed by atoms with Crippen LogP contribution in [0.3, 0.4) is 0 Å². The number of aliphatic hydroxyl groups is 1. The van der Waals surface area contributed by atoms with Gasteiger partial charge in [0.1, 0.15) is 23.7 Å². The van der Waals surface area contributed by atoms with Gasteiger partial charge < -0.3 is 45.8 Å². The number of amides is 3. The van der Waals surface area contributed by atoms with Crippen molar-refractivity contribution in [2.45, 2.75) is 30.3 Å². The molecule has 4 rings (SSSR count). The second kappa shape index (κ2) is 11.5. The van der Waals surface area contributed by atoms with Gasteiger partial charge in [0.2, 0.25) is 5.91 Å². The maximum absolute atomic E-state index is 12.7. The number of hydrogen-bond acceptors (Lipinski definition) is 13. The summed E-state index contributed by atoms with van der Waals surface area (Å²) in [4.78, 5) is 56.2. The quantitative estimate of drug-likeness (QED) is 0.0827. The zero-order chi connectivity index (χ0) is 25.3. The van der Waals surface area contributed by atoms with E-state index in [1.54, 1.807) is 0 Å². The number of aliphatic hydroxyl groups excluding tert-OH is 1. The number of nitrogen functional groups attached to an aromatic ring is 1. The van der Waals surface area contributed by atoms with Crippen LogP contribution in [0.5, 0.6) is 0 Å². The van der Waals surface area contributed by atoms with E-state index in [2.05, 4.69) is 15.5 Å². The molecule has 0 bridgehead atoms. The average Bonchev–Trinajstić information content (AvgIpc) is 3.50. The van der Waals surface area contributed by atoms with Gasteiger partial charge >= 0.3 is 35.7 Å². The molecule has 4 atom stereocenters. The minimum Gasteiger partial charge on any atom is -0.549 e. The number of rotatable bonds is 7. The van der Waals surface area contributed by atoms with Crippen LogP contribution < -0.4 is 45.7 Å². The molecule has 3 saturated heterocycles. The fraction of sp³-hybridized carbons (Fsp3) is 0.579. The average molecular weight is 551 g/mol. The Morgan fingerprint density at radius 2 is 2.17 bits per heavy atom. The van der Waals surface area contributed by atoms with Crippen molar-refractivity contribution in [3.8, 4) is 0 Å². The molecule has 0 aromatic carbocycles. The number of carboxylic acids is 1. The molecule has 0 saturated carbocycles. The number of aliphatic carboxylic acids is 1. The molecule has 36 heavy (non-hydrogen) atoms. The second-order valence-corrected chi connectivity index (χ2v) is 10.4. The second-order valence-electron chi connectivity index (χ2n) is 8.43. The Hall–Kier alpha value is -2.11. The Kier molecular flexibility index (Phi) is 9.11. The van der Waals surface area contributed by atoms with Gasteiger partial charge in [-0.2, -0.15) is 0 Å². The van der Waals surface area contributed by atoms with Crippen molar-refractivity contribution < 1.29 is 68.9 Å². The van der Waals surface area contributed by atoms with Crippen LogP contribution in [0.1, 0.15) is 18.5 Å². The normalized spacial score (nSPS) is 27.5. The predicted molar refractivity (Wildman–Crippen MR) is 120 cm³/mol. The van der Waals surface area contributed by atoms with E-state index >= 15 is 0 Å². The number of β-lactam (4-membered cyclic amide) rings is 1. The Balaban J connectivity index is 0.00000361. The number of oxime groups is 1. The number of carboxylic acid groups (broad SMARTS) is 1. The molecule has 3 amide bonds. The number of fused-ring (bicyclic) bond motifs is 1. The van der Waals surface area contributed by atoms with Crippen molar-refractivity contribution in [1.82, 2.24) is 20.1 Å². The van der Waals surface area contributed by atoms with E-state index in [0.717, 1.165) is 23.1 Å². The van der Waals surface area contributed by atoms with Crippen molar-refractivity contribution in [1.29, 1.82) is 0 Å². The smallest absolute Gasteiger partial charge is 0.549 e. The van der Waals surface area contributed by atoms with E-state index in [-0.39, 0.29) is 65.3 Å². The van der Waals surface area contributed by atoms with Gasteiger partial charge in [0, 0.05) is 24.2 Å². The Labute approximate surface area is 235 Å². The van der Waals surface area contributed by atoms with Crippen LogP contribution in [0.4, 0.5) is 9.93 Å². The summed E-state index contributed by atoms with van der Waals surface area (Å²) in [6, 6.07) is -1.35. The minimum absolute atomic E-state index is 0. The van der Waals surface area contributed by atoms with Crippen molar-refractivity contribution in [3.63, 3.8) is 0 Å². The van der Waals surface area contributed by atoms with Gasteiger partial charge in [0.05, 0.1) is 24.0 Å². The number of ether oxygens (including phenoxy) is 1. The summed E-state index contributed by atoms with van der Waals surface area (Å²) < 4.78 is 5.27. The van der Waals surface area contributed by atoms with Gasteiger partial charge in [-0.15, -0.1) is 23.1 Å². The van der Waals surface area contributed by atoms with Crippen LogP contribution in [0.25, 0.3) is 0 Å². The number of likely N-dealkylation sites (tertiary alicyclic amines) is 1. The van der Waals surface area contributed by atoms with E-state index < -0.39 is 53.0 Å². The number of carbonyl (C=O) groups is 4. The number of nitrogens with one attached hydrogen (secondary N) is 1. The number of thiazole rings is 1. The van der Waals surface area contributed by atoms with Crippen LogP contribution in [0.15, 0.2) is 10.5 Å². The summed E-state index contributed by atoms with van der Waals surface area (Å²) >= 11 is 2.14. The molecule has 4 heterocycles. The topological polar surface area (TPSA) is 211 Å². The van der Waals surface area contributed by atoms with Crippen molar-refractivity contribution >= 4 is 57.8 Å². The molecule has 0 aliphatic carbocycles. The SMILES string of the molecule is Nc1nc(C(=NO)C(=O)NC2C(=O)N3CC(COC(=O)N4CCCC4CO)(C(=O)[O-])CS[C@H]23)cs1.[Na+]. The molecule has 0 spiro atoms. The standard InChI is InChI=1S/C19H24N6O8S2.Na/c20-17-21-10(5-34-17)11(23-32)13(27)22-12-14(28)25-6-19(16(29)30,8-35-15(12)25)7-33-18(31)24-3-1-2-9(24)4-26;/h5,9,12,15,26,32H,1-4,6-8H2,(H2,20,21)(H,22,27)(H,29,30);/q;+1/p-1/t9?,12?,15-,19?;/m1./s1. The Morgan fingerprint density at radius 1 is 1.42 bits per heavy atom. The Bertz CT molecular complexity index is 1070. The fourth-order valence-electron chi connectivity index (χ4n) is 4.26. The van der Waals surface area contributed by atoms with Crippen LogP contribution >= 0.6 is 23.1 Å². The van der Waals surface area contributed by atoms with Gasteiger partial charge in [0.25, 0.3) is 5.91 Å². The van der Waals surface area contributed by atoms with E-state index in [4.69, 9.17) is 10.5 Å². The zero-order valence-corrected chi connectivity index (χ0v) is 22.9. The third-order valence-electron chi connectivity index (χ3n) is 6.24. The van der Waals surface area contributed by atoms with Crippen molar-refractivity contribution in [2.75, 3.05) is 37.8 Å². The first-order valence-corrected chi connectivity index (χ1v) is 12.6. The van der Waals surface area contributed by atoms with Gasteiger partial charge in [-0.25, -0.2) is 9.78 Å². The number of carbonyl (C=O) groups excluding carboxylic acids is 4.